The molecule has 9 heteroatoms. The van der Waals surface area contributed by atoms with Gasteiger partial charge in [0.15, 0.2) is 4.34 Å². The van der Waals surface area contributed by atoms with E-state index in [0.29, 0.717) is 14.4 Å². The van der Waals surface area contributed by atoms with E-state index in [4.69, 9.17) is 0 Å². The van der Waals surface area contributed by atoms with Crippen LogP contribution in [-0.2, 0) is 4.79 Å². The van der Waals surface area contributed by atoms with Gasteiger partial charge in [-0.15, -0.1) is 10.2 Å². The van der Waals surface area contributed by atoms with Crippen LogP contribution in [-0.4, -0.2) is 27.1 Å². The first-order valence-electron chi connectivity index (χ1n) is 6.61. The Balaban J connectivity index is 1.83. The molecule has 0 saturated heterocycles. The molecule has 0 unspecified atom stereocenters. The molecule has 0 spiro atoms. The van der Waals surface area contributed by atoms with E-state index < -0.39 is 4.92 Å². The molecule has 1 heterocycles. The number of para-hydroxylation sites is 1. The quantitative estimate of drug-likeness (QED) is 0.473. The number of hydrogen-bond donors (Lipinski definition) is 0. The van der Waals surface area contributed by atoms with Crippen LogP contribution in [0.5, 0.6) is 0 Å². The van der Waals surface area contributed by atoms with E-state index in [9.17, 15) is 14.9 Å². The summed E-state index contributed by atoms with van der Waals surface area (Å²) in [5, 5.41) is 19.7. The Bertz CT molecular complexity index is 730. The lowest BCUT2D eigenvalue weighted by Gasteiger charge is -2.15. The Morgan fingerprint density at radius 2 is 2.14 bits per heavy atom. The van der Waals surface area contributed by atoms with Crippen LogP contribution in [0.3, 0.4) is 0 Å². The molecule has 1 amide bonds. The number of carbonyl (C=O) groups excluding carboxylic acids is 1. The molecule has 1 saturated carbocycles. The van der Waals surface area contributed by atoms with Gasteiger partial charge in [0.1, 0.15) is 0 Å². The zero-order valence-corrected chi connectivity index (χ0v) is 13.3. The molecule has 7 nitrogen and oxygen atoms in total. The number of nitrogens with zero attached hydrogens (tertiary/aromatic N) is 4. The van der Waals surface area contributed by atoms with E-state index in [1.54, 1.807) is 23.1 Å². The average molecular weight is 336 g/mol. The molecule has 0 atom stereocenters. The first-order chi connectivity index (χ1) is 10.6. The fourth-order valence-electron chi connectivity index (χ4n) is 2.01. The zero-order chi connectivity index (χ0) is 15.7. The molecule has 0 bridgehead atoms. The maximum Gasteiger partial charge on any atom is 0.283 e. The second-order valence-electron chi connectivity index (χ2n) is 4.80. The highest BCUT2D eigenvalue weighted by molar-refractivity contribution is 8.01. The third kappa shape index (κ3) is 3.09. The summed E-state index contributed by atoms with van der Waals surface area (Å²) in [5.74, 6) is -0.0547. The SMILES string of the molecule is CC(=O)N(c1nnc(Sc2ccccc2[N+](=O)[O-])s1)C1CC1. The van der Waals surface area contributed by atoms with Crippen molar-refractivity contribution in [2.75, 3.05) is 4.90 Å². The molecule has 1 aromatic heterocycles. The van der Waals surface area contributed by atoms with Gasteiger partial charge in [0.2, 0.25) is 11.0 Å². The monoisotopic (exact) mass is 336 g/mol. The fourth-order valence-corrected chi connectivity index (χ4v) is 4.03. The van der Waals surface area contributed by atoms with Crippen LogP contribution in [0, 0.1) is 10.1 Å². The highest BCUT2D eigenvalue weighted by Crippen LogP contribution is 2.40. The topological polar surface area (TPSA) is 89.2 Å². The third-order valence-electron chi connectivity index (χ3n) is 3.11. The summed E-state index contributed by atoms with van der Waals surface area (Å²) in [4.78, 5) is 24.5. The van der Waals surface area contributed by atoms with Crippen molar-refractivity contribution in [3.05, 3.63) is 34.4 Å². The van der Waals surface area contributed by atoms with Gasteiger partial charge in [-0.1, -0.05) is 23.5 Å². The number of amides is 1. The smallest absolute Gasteiger partial charge is 0.283 e. The molecule has 3 rings (SSSR count). The summed E-state index contributed by atoms with van der Waals surface area (Å²) in [5.41, 5.74) is 0.0369. The van der Waals surface area contributed by atoms with Crippen molar-refractivity contribution in [3.63, 3.8) is 0 Å². The summed E-state index contributed by atoms with van der Waals surface area (Å²) in [7, 11) is 0. The minimum absolute atomic E-state index is 0.0369. The molecule has 1 fully saturated rings. The van der Waals surface area contributed by atoms with Gasteiger partial charge in [-0.2, -0.15) is 0 Å². The van der Waals surface area contributed by atoms with Gasteiger partial charge in [-0.25, -0.2) is 0 Å². The Hall–Kier alpha value is -2.00. The van der Waals surface area contributed by atoms with Crippen LogP contribution in [0.4, 0.5) is 10.8 Å². The maximum atomic E-state index is 11.7. The molecule has 1 aliphatic carbocycles. The molecule has 2 aromatic rings. The van der Waals surface area contributed by atoms with E-state index in [-0.39, 0.29) is 17.6 Å². The van der Waals surface area contributed by atoms with Gasteiger partial charge >= 0.3 is 0 Å². The first-order valence-corrected chi connectivity index (χ1v) is 8.24. The number of aromatic nitrogens is 2. The number of nitro groups is 1. The highest BCUT2D eigenvalue weighted by Gasteiger charge is 2.34. The Morgan fingerprint density at radius 3 is 2.77 bits per heavy atom. The molecule has 0 radical (unpaired) electrons. The molecule has 1 aromatic carbocycles. The van der Waals surface area contributed by atoms with Gasteiger partial charge in [0.25, 0.3) is 5.69 Å². The van der Waals surface area contributed by atoms with Crippen LogP contribution >= 0.6 is 23.1 Å². The van der Waals surface area contributed by atoms with Crippen molar-refractivity contribution >= 4 is 39.8 Å². The molecule has 1 aliphatic rings. The number of carbonyl (C=O) groups is 1. The van der Waals surface area contributed by atoms with Crippen LogP contribution in [0.2, 0.25) is 0 Å². The van der Waals surface area contributed by atoms with Crippen molar-refractivity contribution in [2.24, 2.45) is 0 Å². The predicted molar refractivity (Wildman–Crippen MR) is 83.3 cm³/mol. The summed E-state index contributed by atoms with van der Waals surface area (Å²) in [6, 6.07) is 6.71. The number of nitro benzene ring substituents is 1. The van der Waals surface area contributed by atoms with Crippen molar-refractivity contribution < 1.29 is 9.72 Å². The van der Waals surface area contributed by atoms with Crippen molar-refractivity contribution in [1.29, 1.82) is 0 Å². The Kier molecular flexibility index (Phi) is 4.08. The minimum Gasteiger partial charge on any atom is -0.284 e. The van der Waals surface area contributed by atoms with Gasteiger partial charge in [0, 0.05) is 19.0 Å². The lowest BCUT2D eigenvalue weighted by molar-refractivity contribution is -0.387. The Morgan fingerprint density at radius 1 is 1.41 bits per heavy atom. The first kappa shape index (κ1) is 14.9. The molecule has 0 aliphatic heterocycles. The molecule has 0 N–H and O–H groups in total. The second-order valence-corrected chi connectivity index (χ2v) is 7.04. The highest BCUT2D eigenvalue weighted by atomic mass is 32.2. The van der Waals surface area contributed by atoms with E-state index in [0.717, 1.165) is 12.8 Å². The third-order valence-corrected chi connectivity index (χ3v) is 5.15. The van der Waals surface area contributed by atoms with Crippen molar-refractivity contribution in [3.8, 4) is 0 Å². The average Bonchev–Trinajstić information content (AvgIpc) is 3.19. The van der Waals surface area contributed by atoms with Gasteiger partial charge in [-0.3, -0.25) is 19.8 Å². The van der Waals surface area contributed by atoms with Crippen LogP contribution < -0.4 is 4.90 Å². The standard InChI is InChI=1S/C13H12N4O3S2/c1-8(18)16(9-6-7-9)12-14-15-13(22-12)21-11-5-3-2-4-10(11)17(19)20/h2-5,9H,6-7H2,1H3. The number of benzene rings is 1. The lowest BCUT2D eigenvalue weighted by atomic mass is 10.3. The fraction of sp³-hybridized carbons (Fsp3) is 0.308. The van der Waals surface area contributed by atoms with E-state index in [1.807, 2.05) is 0 Å². The van der Waals surface area contributed by atoms with Crippen molar-refractivity contribution in [2.45, 2.75) is 35.0 Å². The van der Waals surface area contributed by atoms with Gasteiger partial charge in [-0.05, 0) is 30.7 Å². The second kappa shape index (κ2) is 6.01. The number of hydrogen-bond acceptors (Lipinski definition) is 7. The normalized spacial score (nSPS) is 13.9. The Labute approximate surface area is 134 Å². The minimum atomic E-state index is -0.420. The van der Waals surface area contributed by atoms with Gasteiger partial charge < -0.3 is 0 Å². The number of rotatable bonds is 5. The van der Waals surface area contributed by atoms with Crippen molar-refractivity contribution in [1.82, 2.24) is 10.2 Å². The van der Waals surface area contributed by atoms with E-state index in [1.165, 1.54) is 36.1 Å². The largest absolute Gasteiger partial charge is 0.284 e. The summed E-state index contributed by atoms with van der Waals surface area (Å²) < 4.78 is 0.580. The van der Waals surface area contributed by atoms with E-state index >= 15 is 0 Å². The molecule has 22 heavy (non-hydrogen) atoms. The predicted octanol–water partition coefficient (Wildman–Crippen LogP) is 3.11. The van der Waals surface area contributed by atoms with Crippen LogP contribution in [0.15, 0.2) is 33.5 Å². The van der Waals surface area contributed by atoms with Crippen LogP contribution in [0.25, 0.3) is 0 Å². The molecular weight excluding hydrogens is 324 g/mol. The summed E-state index contributed by atoms with van der Waals surface area (Å²) in [6.45, 7) is 1.51. The lowest BCUT2D eigenvalue weighted by Crippen LogP contribution is -2.30. The van der Waals surface area contributed by atoms with Crippen LogP contribution in [0.1, 0.15) is 19.8 Å². The zero-order valence-electron chi connectivity index (χ0n) is 11.6. The maximum absolute atomic E-state index is 11.7. The molecule has 114 valence electrons. The summed E-state index contributed by atoms with van der Waals surface area (Å²) >= 11 is 2.47. The summed E-state index contributed by atoms with van der Waals surface area (Å²) in [6.07, 6.45) is 1.96. The molecular formula is C13H12N4O3S2. The number of anilines is 1. The van der Waals surface area contributed by atoms with Gasteiger partial charge in [0.05, 0.1) is 9.82 Å². The van der Waals surface area contributed by atoms with E-state index in [2.05, 4.69) is 10.2 Å².